The Hall–Kier alpha value is -3.19. The molecule has 5 rings (SSSR count). The van der Waals surface area contributed by atoms with Crippen LogP contribution in [0.3, 0.4) is 0 Å². The molecule has 6 nitrogen and oxygen atoms in total. The lowest BCUT2D eigenvalue weighted by molar-refractivity contribution is -0.116. The van der Waals surface area contributed by atoms with E-state index in [2.05, 4.69) is 37.4 Å². The number of fused-ring (bicyclic) bond motifs is 2. The Balaban J connectivity index is 1.63. The Kier molecular flexibility index (Phi) is 4.98. The lowest BCUT2D eigenvalue weighted by atomic mass is 9.85. The minimum Gasteiger partial charge on any atom is -0.493 e. The van der Waals surface area contributed by atoms with Crippen LogP contribution in [-0.4, -0.2) is 27.3 Å². The van der Waals surface area contributed by atoms with Crippen LogP contribution in [0.4, 0.5) is 5.82 Å². The average Bonchev–Trinajstić information content (AvgIpc) is 3.32. The standard InChI is InChI=1S/C24H24N4O2S/c1-4-11-30-19-8-6-5-7-16(19)17-13-21(29)26-23-22(17)15(3)27-28(23)24-25-18-10-9-14(2)12-20(18)31-24/h5-10,12,17H,4,11,13H2,1-3H3,(H,26,29). The van der Waals surface area contributed by atoms with E-state index >= 15 is 0 Å². The van der Waals surface area contributed by atoms with Gasteiger partial charge in [-0.2, -0.15) is 9.78 Å². The first-order valence-corrected chi connectivity index (χ1v) is 11.4. The van der Waals surface area contributed by atoms with Crippen molar-refractivity contribution in [1.29, 1.82) is 0 Å². The number of amides is 1. The number of aryl methyl sites for hydroxylation is 2. The van der Waals surface area contributed by atoms with E-state index in [4.69, 9.17) is 14.8 Å². The van der Waals surface area contributed by atoms with Crippen molar-refractivity contribution in [1.82, 2.24) is 14.8 Å². The lowest BCUT2D eigenvalue weighted by Crippen LogP contribution is -2.25. The fourth-order valence-corrected chi connectivity index (χ4v) is 5.20. The molecule has 0 spiro atoms. The summed E-state index contributed by atoms with van der Waals surface area (Å²) in [5.74, 6) is 1.40. The maximum Gasteiger partial charge on any atom is 0.226 e. The summed E-state index contributed by atoms with van der Waals surface area (Å²) in [6.07, 6.45) is 1.30. The van der Waals surface area contributed by atoms with E-state index < -0.39 is 0 Å². The molecule has 1 unspecified atom stereocenters. The third-order valence-electron chi connectivity index (χ3n) is 5.57. The average molecular weight is 433 g/mol. The van der Waals surface area contributed by atoms with Crippen LogP contribution in [0.1, 0.15) is 48.1 Å². The van der Waals surface area contributed by atoms with Crippen molar-refractivity contribution in [2.24, 2.45) is 0 Å². The van der Waals surface area contributed by atoms with E-state index in [0.29, 0.717) is 18.8 Å². The Labute approximate surface area is 184 Å². The zero-order valence-corrected chi connectivity index (χ0v) is 18.6. The van der Waals surface area contributed by atoms with Crippen molar-refractivity contribution in [3.05, 3.63) is 64.8 Å². The van der Waals surface area contributed by atoms with E-state index in [1.807, 2.05) is 31.2 Å². The highest BCUT2D eigenvalue weighted by atomic mass is 32.1. The first-order chi connectivity index (χ1) is 15.0. The zero-order valence-electron chi connectivity index (χ0n) is 17.8. The molecule has 7 heteroatoms. The number of thiazole rings is 1. The van der Waals surface area contributed by atoms with Gasteiger partial charge >= 0.3 is 0 Å². The molecule has 0 fully saturated rings. The van der Waals surface area contributed by atoms with Crippen molar-refractivity contribution in [3.8, 4) is 10.9 Å². The van der Waals surface area contributed by atoms with Gasteiger partial charge in [0.1, 0.15) is 11.6 Å². The highest BCUT2D eigenvalue weighted by molar-refractivity contribution is 7.20. The molecular formula is C24H24N4O2S. The second kappa shape index (κ2) is 7.81. The highest BCUT2D eigenvalue weighted by Crippen LogP contribution is 2.43. The second-order valence-corrected chi connectivity index (χ2v) is 8.93. The summed E-state index contributed by atoms with van der Waals surface area (Å²) < 4.78 is 8.89. The van der Waals surface area contributed by atoms with Gasteiger partial charge in [-0.25, -0.2) is 4.98 Å². The molecule has 1 aliphatic rings. The van der Waals surface area contributed by atoms with Gasteiger partial charge in [-0.05, 0) is 44.0 Å². The topological polar surface area (TPSA) is 69.0 Å². The van der Waals surface area contributed by atoms with Crippen molar-refractivity contribution in [3.63, 3.8) is 0 Å². The summed E-state index contributed by atoms with van der Waals surface area (Å²) in [4.78, 5) is 17.5. The Morgan fingerprint density at radius 1 is 1.23 bits per heavy atom. The number of nitrogens with one attached hydrogen (secondary N) is 1. The van der Waals surface area contributed by atoms with Gasteiger partial charge in [-0.1, -0.05) is 42.5 Å². The largest absolute Gasteiger partial charge is 0.493 e. The molecule has 0 radical (unpaired) electrons. The van der Waals surface area contributed by atoms with Crippen molar-refractivity contribution in [2.45, 2.75) is 39.5 Å². The van der Waals surface area contributed by atoms with E-state index in [0.717, 1.165) is 44.3 Å². The molecular weight excluding hydrogens is 408 g/mol. The third kappa shape index (κ3) is 3.49. The third-order valence-corrected chi connectivity index (χ3v) is 6.57. The quantitative estimate of drug-likeness (QED) is 0.461. The predicted molar refractivity (Wildman–Crippen MR) is 124 cm³/mol. The Morgan fingerprint density at radius 3 is 2.90 bits per heavy atom. The predicted octanol–water partition coefficient (Wildman–Crippen LogP) is 5.36. The summed E-state index contributed by atoms with van der Waals surface area (Å²) in [7, 11) is 0. The minimum atomic E-state index is -0.109. The minimum absolute atomic E-state index is 0.0269. The molecule has 1 N–H and O–H groups in total. The van der Waals surface area contributed by atoms with Crippen LogP contribution in [0.15, 0.2) is 42.5 Å². The van der Waals surface area contributed by atoms with E-state index in [9.17, 15) is 4.79 Å². The number of hydrogen-bond donors (Lipinski definition) is 1. The van der Waals surface area contributed by atoms with Crippen LogP contribution in [-0.2, 0) is 4.79 Å². The molecule has 4 aromatic rings. The first-order valence-electron chi connectivity index (χ1n) is 10.5. The molecule has 0 saturated heterocycles. The number of benzene rings is 2. The first kappa shape index (κ1) is 19.8. The molecule has 0 saturated carbocycles. The van der Waals surface area contributed by atoms with Gasteiger partial charge in [-0.15, -0.1) is 0 Å². The summed E-state index contributed by atoms with van der Waals surface area (Å²) in [5.41, 5.74) is 5.07. The van der Waals surface area contributed by atoms with Crippen LogP contribution in [0.25, 0.3) is 15.3 Å². The molecule has 0 bridgehead atoms. The Bertz CT molecular complexity index is 1290. The molecule has 2 aromatic heterocycles. The molecule has 1 aliphatic heterocycles. The number of para-hydroxylation sites is 1. The highest BCUT2D eigenvalue weighted by Gasteiger charge is 2.34. The van der Waals surface area contributed by atoms with Crippen LogP contribution < -0.4 is 10.1 Å². The smallest absolute Gasteiger partial charge is 0.226 e. The van der Waals surface area contributed by atoms with Gasteiger partial charge in [0.05, 0.1) is 22.5 Å². The lowest BCUT2D eigenvalue weighted by Gasteiger charge is -2.25. The van der Waals surface area contributed by atoms with Gasteiger partial charge in [0, 0.05) is 23.5 Å². The number of carbonyl (C=O) groups excluding carboxylic acids is 1. The van der Waals surface area contributed by atoms with E-state index in [1.54, 1.807) is 16.0 Å². The van der Waals surface area contributed by atoms with Gasteiger partial charge in [0.15, 0.2) is 0 Å². The number of ether oxygens (including phenoxy) is 1. The molecule has 2 aromatic carbocycles. The fraction of sp³-hybridized carbons (Fsp3) is 0.292. The molecule has 3 heterocycles. The summed E-state index contributed by atoms with van der Waals surface area (Å²) >= 11 is 1.58. The number of carbonyl (C=O) groups is 1. The van der Waals surface area contributed by atoms with E-state index in [-0.39, 0.29) is 11.8 Å². The molecule has 0 aliphatic carbocycles. The van der Waals surface area contributed by atoms with Gasteiger partial charge in [0.2, 0.25) is 11.0 Å². The zero-order chi connectivity index (χ0) is 21.5. The maximum absolute atomic E-state index is 12.7. The van der Waals surface area contributed by atoms with Crippen LogP contribution >= 0.6 is 11.3 Å². The summed E-state index contributed by atoms with van der Waals surface area (Å²) in [5, 5.41) is 8.60. The molecule has 31 heavy (non-hydrogen) atoms. The number of rotatable bonds is 5. The van der Waals surface area contributed by atoms with Crippen molar-refractivity contribution in [2.75, 3.05) is 11.9 Å². The Morgan fingerprint density at radius 2 is 2.06 bits per heavy atom. The summed E-state index contributed by atoms with van der Waals surface area (Å²) in [6.45, 7) is 6.79. The number of hydrogen-bond acceptors (Lipinski definition) is 5. The van der Waals surface area contributed by atoms with Crippen molar-refractivity contribution >= 4 is 33.3 Å². The maximum atomic E-state index is 12.7. The normalized spacial score (nSPS) is 15.7. The molecule has 1 amide bonds. The van der Waals surface area contributed by atoms with Crippen LogP contribution in [0.5, 0.6) is 5.75 Å². The molecule has 1 atom stereocenters. The van der Waals surface area contributed by atoms with Gasteiger partial charge < -0.3 is 10.1 Å². The summed E-state index contributed by atoms with van der Waals surface area (Å²) in [6, 6.07) is 14.2. The fourth-order valence-electron chi connectivity index (χ4n) is 4.17. The van der Waals surface area contributed by atoms with Crippen LogP contribution in [0.2, 0.25) is 0 Å². The van der Waals surface area contributed by atoms with Gasteiger partial charge in [-0.3, -0.25) is 4.79 Å². The number of aromatic nitrogens is 3. The number of nitrogens with zero attached hydrogens (tertiary/aromatic N) is 3. The molecule has 158 valence electrons. The van der Waals surface area contributed by atoms with Gasteiger partial charge in [0.25, 0.3) is 0 Å². The SMILES string of the molecule is CCCOc1ccccc1C1CC(=O)Nc2c1c(C)nn2-c1nc2ccc(C)cc2s1. The monoisotopic (exact) mass is 432 g/mol. The van der Waals surface area contributed by atoms with Crippen LogP contribution in [0, 0.1) is 13.8 Å². The van der Waals surface area contributed by atoms with E-state index in [1.165, 1.54) is 5.56 Å². The second-order valence-electron chi connectivity index (χ2n) is 7.92. The van der Waals surface area contributed by atoms with Crippen molar-refractivity contribution < 1.29 is 9.53 Å². The number of anilines is 1.